The Bertz CT molecular complexity index is 209. The quantitative estimate of drug-likeness (QED) is 0.514. The van der Waals surface area contributed by atoms with Crippen molar-refractivity contribution in [2.45, 2.75) is 0 Å². The maximum absolute atomic E-state index is 8.76. The summed E-state index contributed by atoms with van der Waals surface area (Å²) in [6.45, 7) is 0.255. The van der Waals surface area contributed by atoms with Crippen LogP contribution in [0.1, 0.15) is 0 Å². The lowest BCUT2D eigenvalue weighted by atomic mass is 10.6. The predicted molar refractivity (Wildman–Crippen MR) is 27.7 cm³/mol. The van der Waals surface area contributed by atoms with Crippen LogP contribution in [0, 0.1) is 0 Å². The highest BCUT2D eigenvalue weighted by Crippen LogP contribution is 2.31. The van der Waals surface area contributed by atoms with Gasteiger partial charge in [0.1, 0.15) is 0 Å². The Labute approximate surface area is 51.2 Å². The van der Waals surface area contributed by atoms with Gasteiger partial charge in [0.05, 0.1) is 12.4 Å². The van der Waals surface area contributed by atoms with Crippen LogP contribution in [0.3, 0.4) is 0 Å². The Morgan fingerprint density at radius 1 is 1.33 bits per heavy atom. The summed E-state index contributed by atoms with van der Waals surface area (Å²) in [5.41, 5.74) is 0. The van der Waals surface area contributed by atoms with Crippen LogP contribution in [0.4, 0.5) is 0 Å². The zero-order valence-corrected chi connectivity index (χ0v) is 4.57. The van der Waals surface area contributed by atoms with E-state index in [4.69, 9.17) is 14.7 Å². The molecule has 1 aliphatic rings. The molecule has 0 amide bonds. The number of ether oxygens (including phenoxy) is 2. The van der Waals surface area contributed by atoms with Crippen molar-refractivity contribution in [3.05, 3.63) is 12.4 Å². The lowest BCUT2D eigenvalue weighted by Crippen LogP contribution is -1.96. The zero-order valence-electron chi connectivity index (χ0n) is 4.57. The third-order valence-corrected chi connectivity index (χ3v) is 1.17. The average Bonchev–Trinajstić information content (AvgIpc) is 2.22. The van der Waals surface area contributed by atoms with Crippen LogP contribution in [0.15, 0.2) is 12.4 Å². The topological polar surface area (TPSA) is 43.6 Å². The third-order valence-electron chi connectivity index (χ3n) is 1.17. The summed E-state index contributed by atoms with van der Waals surface area (Å²) in [5.74, 6) is 1.19. The number of hydrogen-bond acceptors (Lipinski definition) is 3. The monoisotopic (exact) mass is 127 g/mol. The molecule has 0 saturated heterocycles. The first-order valence-corrected chi connectivity index (χ1v) is 2.53. The first-order valence-electron chi connectivity index (χ1n) is 2.53. The van der Waals surface area contributed by atoms with Crippen LogP contribution in [0.2, 0.25) is 0 Å². The normalized spacial score (nSPS) is 14.2. The zero-order chi connectivity index (χ0) is 6.27. The van der Waals surface area contributed by atoms with E-state index < -0.39 is 0 Å². The molecule has 1 aromatic rings. The summed E-state index contributed by atoms with van der Waals surface area (Å²) in [6, 6.07) is 0. The van der Waals surface area contributed by atoms with Crippen LogP contribution in [-0.2, 0) is 0 Å². The van der Waals surface area contributed by atoms with Crippen molar-refractivity contribution in [1.82, 2.24) is 4.73 Å². The van der Waals surface area contributed by atoms with Gasteiger partial charge >= 0.3 is 0 Å². The molecule has 0 unspecified atom stereocenters. The summed E-state index contributed by atoms with van der Waals surface area (Å²) in [6.07, 6.45) is 2.89. The first-order chi connectivity index (χ1) is 4.36. The highest BCUT2D eigenvalue weighted by atomic mass is 16.7. The number of rotatable bonds is 0. The van der Waals surface area contributed by atoms with E-state index >= 15 is 0 Å². The number of aromatic nitrogens is 1. The van der Waals surface area contributed by atoms with E-state index in [0.717, 1.165) is 4.73 Å². The lowest BCUT2D eigenvalue weighted by molar-refractivity contribution is 0.149. The van der Waals surface area contributed by atoms with E-state index in [-0.39, 0.29) is 6.79 Å². The molecule has 0 bridgehead atoms. The average molecular weight is 127 g/mol. The SMILES string of the molecule is On1cc2c(c1)OCO2. The standard InChI is InChI=1S/C5H5NO3/c7-6-1-4-5(2-6)9-3-8-4/h1-2,7H,3H2. The molecular formula is C5H5NO3. The second-order valence-corrected chi connectivity index (χ2v) is 1.77. The third kappa shape index (κ3) is 0.526. The second kappa shape index (κ2) is 1.34. The lowest BCUT2D eigenvalue weighted by Gasteiger charge is -1.90. The fourth-order valence-corrected chi connectivity index (χ4v) is 0.778. The van der Waals surface area contributed by atoms with Crippen molar-refractivity contribution in [3.63, 3.8) is 0 Å². The fourth-order valence-electron chi connectivity index (χ4n) is 0.778. The van der Waals surface area contributed by atoms with Gasteiger partial charge in [0, 0.05) is 0 Å². The number of nitrogens with zero attached hydrogens (tertiary/aromatic N) is 1. The summed E-state index contributed by atoms with van der Waals surface area (Å²) in [7, 11) is 0. The van der Waals surface area contributed by atoms with Crippen molar-refractivity contribution >= 4 is 0 Å². The minimum atomic E-state index is 0.255. The summed E-state index contributed by atoms with van der Waals surface area (Å²) < 4.78 is 10.7. The molecule has 2 rings (SSSR count). The van der Waals surface area contributed by atoms with Crippen molar-refractivity contribution in [1.29, 1.82) is 0 Å². The molecule has 4 heteroatoms. The molecule has 1 aromatic heterocycles. The van der Waals surface area contributed by atoms with Gasteiger partial charge in [0.2, 0.25) is 6.79 Å². The van der Waals surface area contributed by atoms with Crippen LogP contribution in [-0.4, -0.2) is 16.7 Å². The van der Waals surface area contributed by atoms with Crippen LogP contribution in [0.25, 0.3) is 0 Å². The fraction of sp³-hybridized carbons (Fsp3) is 0.200. The minimum absolute atomic E-state index is 0.255. The Kier molecular flexibility index (Phi) is 0.677. The first kappa shape index (κ1) is 4.55. The molecule has 0 spiro atoms. The van der Waals surface area contributed by atoms with E-state index in [1.165, 1.54) is 12.4 Å². The maximum atomic E-state index is 8.76. The molecule has 9 heavy (non-hydrogen) atoms. The van der Waals surface area contributed by atoms with Crippen LogP contribution in [0.5, 0.6) is 11.5 Å². The van der Waals surface area contributed by atoms with Gasteiger partial charge in [-0.1, -0.05) is 0 Å². The molecule has 4 nitrogen and oxygen atoms in total. The highest BCUT2D eigenvalue weighted by molar-refractivity contribution is 5.38. The molecule has 2 heterocycles. The Morgan fingerprint density at radius 2 is 1.89 bits per heavy atom. The molecule has 0 fully saturated rings. The maximum Gasteiger partial charge on any atom is 0.231 e. The Morgan fingerprint density at radius 3 is 2.44 bits per heavy atom. The molecule has 1 aliphatic heterocycles. The second-order valence-electron chi connectivity index (χ2n) is 1.77. The van der Waals surface area contributed by atoms with Gasteiger partial charge in [0.25, 0.3) is 0 Å². The molecule has 0 aliphatic carbocycles. The predicted octanol–water partition coefficient (Wildman–Crippen LogP) is 0.454. The van der Waals surface area contributed by atoms with Crippen LogP contribution >= 0.6 is 0 Å². The summed E-state index contributed by atoms with van der Waals surface area (Å²) >= 11 is 0. The van der Waals surface area contributed by atoms with Gasteiger partial charge in [-0.2, -0.15) is 4.73 Å². The Balaban J connectivity index is 2.51. The van der Waals surface area contributed by atoms with Crippen LogP contribution < -0.4 is 9.47 Å². The van der Waals surface area contributed by atoms with Gasteiger partial charge in [-0.25, -0.2) is 0 Å². The van der Waals surface area contributed by atoms with Gasteiger partial charge in [-0.3, -0.25) is 0 Å². The molecular weight excluding hydrogens is 122 g/mol. The van der Waals surface area contributed by atoms with E-state index in [1.54, 1.807) is 0 Å². The summed E-state index contributed by atoms with van der Waals surface area (Å²) in [5, 5.41) is 8.76. The number of hydrogen-bond donors (Lipinski definition) is 1. The van der Waals surface area contributed by atoms with E-state index in [9.17, 15) is 0 Å². The molecule has 0 aromatic carbocycles. The van der Waals surface area contributed by atoms with Gasteiger partial charge in [-0.05, 0) is 0 Å². The Hall–Kier alpha value is -1.32. The molecule has 0 radical (unpaired) electrons. The van der Waals surface area contributed by atoms with Gasteiger partial charge < -0.3 is 14.7 Å². The van der Waals surface area contributed by atoms with Crippen molar-refractivity contribution in [2.24, 2.45) is 0 Å². The van der Waals surface area contributed by atoms with E-state index in [2.05, 4.69) is 0 Å². The van der Waals surface area contributed by atoms with Gasteiger partial charge in [-0.15, -0.1) is 0 Å². The van der Waals surface area contributed by atoms with E-state index in [1.807, 2.05) is 0 Å². The van der Waals surface area contributed by atoms with Crippen molar-refractivity contribution in [2.75, 3.05) is 6.79 Å². The minimum Gasteiger partial charge on any atom is -0.452 e. The number of fused-ring (bicyclic) bond motifs is 1. The summed E-state index contributed by atoms with van der Waals surface area (Å²) in [4.78, 5) is 0. The highest BCUT2D eigenvalue weighted by Gasteiger charge is 2.14. The van der Waals surface area contributed by atoms with Gasteiger partial charge in [0.15, 0.2) is 11.5 Å². The van der Waals surface area contributed by atoms with Crippen molar-refractivity contribution in [3.8, 4) is 11.5 Å². The van der Waals surface area contributed by atoms with E-state index in [0.29, 0.717) is 11.5 Å². The molecule has 48 valence electrons. The smallest absolute Gasteiger partial charge is 0.231 e. The molecule has 0 atom stereocenters. The molecule has 1 N–H and O–H groups in total. The van der Waals surface area contributed by atoms with Crippen molar-refractivity contribution < 1.29 is 14.7 Å². The largest absolute Gasteiger partial charge is 0.452 e. The molecule has 0 saturated carbocycles.